The number of nitrogens with zero attached hydrogens (tertiary/aromatic N) is 1. The fourth-order valence-corrected chi connectivity index (χ4v) is 2.56. The van der Waals surface area contributed by atoms with Crippen LogP contribution in [0.2, 0.25) is 0 Å². The van der Waals surface area contributed by atoms with Crippen LogP contribution in [-0.2, 0) is 4.79 Å². The highest BCUT2D eigenvalue weighted by Crippen LogP contribution is 2.16. The molecule has 2 N–H and O–H groups in total. The number of carboxylic acids is 1. The van der Waals surface area contributed by atoms with E-state index in [1.807, 2.05) is 4.90 Å². The zero-order chi connectivity index (χ0) is 16.1. The number of benzene rings is 1. The lowest BCUT2D eigenvalue weighted by Gasteiger charge is -2.31. The lowest BCUT2D eigenvalue weighted by atomic mass is 9.96. The summed E-state index contributed by atoms with van der Waals surface area (Å²) in [4.78, 5) is 35.8. The van der Waals surface area contributed by atoms with Crippen molar-refractivity contribution in [3.05, 3.63) is 35.4 Å². The van der Waals surface area contributed by atoms with Crippen molar-refractivity contribution in [1.29, 1.82) is 0 Å². The van der Waals surface area contributed by atoms with E-state index in [0.717, 1.165) is 25.9 Å². The zero-order valence-corrected chi connectivity index (χ0v) is 12.5. The number of nitrogens with one attached hydrogen (secondary N) is 1. The monoisotopic (exact) mass is 304 g/mol. The molecule has 118 valence electrons. The number of amides is 2. The molecule has 1 aromatic rings. The van der Waals surface area contributed by atoms with Gasteiger partial charge in [-0.2, -0.15) is 0 Å². The molecule has 22 heavy (non-hydrogen) atoms. The van der Waals surface area contributed by atoms with Crippen molar-refractivity contribution in [3.63, 3.8) is 0 Å². The van der Waals surface area contributed by atoms with Crippen LogP contribution in [0.15, 0.2) is 24.3 Å². The van der Waals surface area contributed by atoms with Gasteiger partial charge in [-0.1, -0.05) is 0 Å². The molecule has 1 aliphatic heterocycles. The first-order valence-corrected chi connectivity index (χ1v) is 7.34. The minimum atomic E-state index is -1.01. The van der Waals surface area contributed by atoms with E-state index in [9.17, 15) is 14.4 Å². The summed E-state index contributed by atoms with van der Waals surface area (Å²) < 4.78 is 0. The Morgan fingerprint density at radius 3 is 2.18 bits per heavy atom. The zero-order valence-electron chi connectivity index (χ0n) is 12.5. The number of rotatable bonds is 4. The second-order valence-corrected chi connectivity index (χ2v) is 5.54. The maximum Gasteiger partial charge on any atom is 0.335 e. The summed E-state index contributed by atoms with van der Waals surface area (Å²) in [6, 6.07) is 5.86. The number of hydrogen-bond acceptors (Lipinski definition) is 3. The third-order valence-electron chi connectivity index (χ3n) is 4.01. The van der Waals surface area contributed by atoms with Crippen LogP contribution < -0.4 is 5.32 Å². The van der Waals surface area contributed by atoms with Crippen molar-refractivity contribution < 1.29 is 19.5 Å². The first kappa shape index (κ1) is 16.0. The minimum absolute atomic E-state index is 0.0982. The van der Waals surface area contributed by atoms with E-state index in [0.29, 0.717) is 18.0 Å². The van der Waals surface area contributed by atoms with Crippen LogP contribution in [0.25, 0.3) is 0 Å². The van der Waals surface area contributed by atoms with Gasteiger partial charge < -0.3 is 15.3 Å². The van der Waals surface area contributed by atoms with Crippen LogP contribution in [0.5, 0.6) is 0 Å². The van der Waals surface area contributed by atoms with Crippen LogP contribution in [0.1, 0.15) is 40.5 Å². The summed E-state index contributed by atoms with van der Waals surface area (Å²) in [5.41, 5.74) is 0.610. The van der Waals surface area contributed by atoms with Crippen molar-refractivity contribution in [1.82, 2.24) is 10.2 Å². The average molecular weight is 304 g/mol. The first-order chi connectivity index (χ1) is 10.5. The van der Waals surface area contributed by atoms with Gasteiger partial charge >= 0.3 is 5.97 Å². The van der Waals surface area contributed by atoms with E-state index in [-0.39, 0.29) is 17.4 Å². The maximum atomic E-state index is 12.0. The number of hydrogen-bond donors (Lipinski definition) is 2. The molecule has 0 bridgehead atoms. The van der Waals surface area contributed by atoms with E-state index in [4.69, 9.17) is 5.11 Å². The van der Waals surface area contributed by atoms with Gasteiger partial charge in [-0.15, -0.1) is 0 Å². The van der Waals surface area contributed by atoms with E-state index >= 15 is 0 Å². The summed E-state index contributed by atoms with van der Waals surface area (Å²) >= 11 is 0. The molecule has 2 amide bonds. The number of carbonyl (C=O) groups excluding carboxylic acids is 2. The third kappa shape index (κ3) is 4.07. The Kier molecular flexibility index (Phi) is 5.14. The fourth-order valence-electron chi connectivity index (χ4n) is 2.56. The lowest BCUT2D eigenvalue weighted by molar-refractivity contribution is -0.130. The molecule has 0 radical (unpaired) electrons. The number of likely N-dealkylation sites (tertiary alicyclic amines) is 1. The van der Waals surface area contributed by atoms with Crippen LogP contribution in [-0.4, -0.2) is 47.4 Å². The highest BCUT2D eigenvalue weighted by molar-refractivity contribution is 5.95. The highest BCUT2D eigenvalue weighted by atomic mass is 16.4. The molecule has 6 heteroatoms. The Hall–Kier alpha value is -2.37. The molecule has 1 heterocycles. The molecule has 2 rings (SSSR count). The Labute approximate surface area is 129 Å². The largest absolute Gasteiger partial charge is 0.478 e. The second-order valence-electron chi connectivity index (χ2n) is 5.54. The summed E-state index contributed by atoms with van der Waals surface area (Å²) in [6.07, 6.45) is 1.77. The molecule has 1 aliphatic rings. The average Bonchev–Trinajstić information content (AvgIpc) is 2.53. The molecule has 0 atom stereocenters. The number of aromatic carboxylic acids is 1. The van der Waals surface area contributed by atoms with Crippen LogP contribution in [0, 0.1) is 5.92 Å². The summed E-state index contributed by atoms with van der Waals surface area (Å²) in [5, 5.41) is 11.7. The van der Waals surface area contributed by atoms with Gasteiger partial charge in [0, 0.05) is 32.1 Å². The molecular formula is C16H20N2O4. The molecule has 0 aromatic heterocycles. The maximum absolute atomic E-state index is 12.0. The SMILES string of the molecule is CC(=O)N1CCC(CNC(=O)c2ccc(C(=O)O)cc2)CC1. The molecule has 0 saturated carbocycles. The number of carbonyl (C=O) groups is 3. The number of piperidine rings is 1. The van der Waals surface area contributed by atoms with Crippen molar-refractivity contribution in [2.75, 3.05) is 19.6 Å². The van der Waals surface area contributed by atoms with E-state index < -0.39 is 5.97 Å². The van der Waals surface area contributed by atoms with Gasteiger partial charge in [0.2, 0.25) is 5.91 Å². The van der Waals surface area contributed by atoms with E-state index in [1.54, 1.807) is 6.92 Å². The van der Waals surface area contributed by atoms with E-state index in [1.165, 1.54) is 24.3 Å². The molecular weight excluding hydrogens is 284 g/mol. The molecule has 0 unspecified atom stereocenters. The summed E-state index contributed by atoms with van der Waals surface area (Å²) in [6.45, 7) is 3.63. The van der Waals surface area contributed by atoms with Crippen LogP contribution in [0.4, 0.5) is 0 Å². The van der Waals surface area contributed by atoms with Crippen molar-refractivity contribution in [3.8, 4) is 0 Å². The van der Waals surface area contributed by atoms with E-state index in [2.05, 4.69) is 5.32 Å². The summed E-state index contributed by atoms with van der Waals surface area (Å²) in [7, 11) is 0. The minimum Gasteiger partial charge on any atom is -0.478 e. The quantitative estimate of drug-likeness (QED) is 0.879. The predicted molar refractivity (Wildman–Crippen MR) is 80.7 cm³/mol. The molecule has 0 spiro atoms. The van der Waals surface area contributed by atoms with Gasteiger partial charge in [-0.05, 0) is 43.0 Å². The molecule has 1 saturated heterocycles. The molecule has 1 fully saturated rings. The third-order valence-corrected chi connectivity index (χ3v) is 4.01. The van der Waals surface area contributed by atoms with Crippen LogP contribution in [0.3, 0.4) is 0 Å². The van der Waals surface area contributed by atoms with Crippen molar-refractivity contribution in [2.24, 2.45) is 5.92 Å². The lowest BCUT2D eigenvalue weighted by Crippen LogP contribution is -2.40. The smallest absolute Gasteiger partial charge is 0.335 e. The topological polar surface area (TPSA) is 86.7 Å². The first-order valence-electron chi connectivity index (χ1n) is 7.34. The van der Waals surface area contributed by atoms with Gasteiger partial charge in [-0.3, -0.25) is 9.59 Å². The molecule has 0 aliphatic carbocycles. The Morgan fingerprint density at radius 2 is 1.68 bits per heavy atom. The summed E-state index contributed by atoms with van der Waals surface area (Å²) in [5.74, 6) is -0.742. The van der Waals surface area contributed by atoms with Gasteiger partial charge in [0.25, 0.3) is 5.91 Å². The van der Waals surface area contributed by atoms with Crippen molar-refractivity contribution >= 4 is 17.8 Å². The second kappa shape index (κ2) is 7.06. The Bertz CT molecular complexity index is 560. The Morgan fingerprint density at radius 1 is 1.14 bits per heavy atom. The van der Waals surface area contributed by atoms with Crippen LogP contribution >= 0.6 is 0 Å². The van der Waals surface area contributed by atoms with Gasteiger partial charge in [0.15, 0.2) is 0 Å². The normalized spacial score (nSPS) is 15.4. The van der Waals surface area contributed by atoms with Gasteiger partial charge in [0.1, 0.15) is 0 Å². The predicted octanol–water partition coefficient (Wildman–Crippen LogP) is 1.37. The standard InChI is InChI=1S/C16H20N2O4/c1-11(19)18-8-6-12(7-9-18)10-17-15(20)13-2-4-14(5-3-13)16(21)22/h2-5,12H,6-10H2,1H3,(H,17,20)(H,21,22). The van der Waals surface area contributed by atoms with Gasteiger partial charge in [-0.25, -0.2) is 4.79 Å². The van der Waals surface area contributed by atoms with Gasteiger partial charge in [0.05, 0.1) is 5.56 Å². The Balaban J connectivity index is 1.81. The number of carboxylic acid groups (broad SMARTS) is 1. The fraction of sp³-hybridized carbons (Fsp3) is 0.438. The van der Waals surface area contributed by atoms with Crippen molar-refractivity contribution in [2.45, 2.75) is 19.8 Å². The molecule has 1 aromatic carbocycles. The molecule has 6 nitrogen and oxygen atoms in total. The highest BCUT2D eigenvalue weighted by Gasteiger charge is 2.21.